The number of aryl methyl sites for hydroxylation is 1. The van der Waals surface area contributed by atoms with Crippen molar-refractivity contribution >= 4 is 10.9 Å². The summed E-state index contributed by atoms with van der Waals surface area (Å²) >= 11 is 0. The van der Waals surface area contributed by atoms with E-state index in [-0.39, 0.29) is 11.5 Å². The van der Waals surface area contributed by atoms with Gasteiger partial charge in [-0.1, -0.05) is 6.07 Å². The number of methoxy groups -OCH3 is 1. The van der Waals surface area contributed by atoms with Crippen molar-refractivity contribution in [3.05, 3.63) is 57.5 Å². The predicted molar refractivity (Wildman–Crippen MR) is 116 cm³/mol. The third-order valence-corrected chi connectivity index (χ3v) is 5.97. The largest absolute Gasteiger partial charge is 0.416 e. The summed E-state index contributed by atoms with van der Waals surface area (Å²) in [6.45, 7) is 4.71. The van der Waals surface area contributed by atoms with Crippen molar-refractivity contribution < 1.29 is 17.9 Å². The molecule has 2 aromatic heterocycles. The minimum atomic E-state index is -4.50. The molecule has 1 aromatic carbocycles. The highest BCUT2D eigenvalue weighted by atomic mass is 19.4. The monoisotopic (exact) mass is 446 g/mol. The SMILES string of the molecule is COC1CCN(CCc2cc(C)c3nc(-c4cc(C(F)(F)F)ccn4)[nH]c(=O)c3c2)CC1. The summed E-state index contributed by atoms with van der Waals surface area (Å²) in [5.74, 6) is 0.0189. The van der Waals surface area contributed by atoms with Crippen LogP contribution in [0.15, 0.2) is 35.3 Å². The molecule has 0 aliphatic carbocycles. The van der Waals surface area contributed by atoms with Crippen LogP contribution >= 0.6 is 0 Å². The topological polar surface area (TPSA) is 71.1 Å². The molecule has 170 valence electrons. The fourth-order valence-corrected chi connectivity index (χ4v) is 4.15. The molecule has 1 N–H and O–H groups in total. The second-order valence-electron chi connectivity index (χ2n) is 8.18. The number of nitrogens with one attached hydrogen (secondary N) is 1. The Labute approximate surface area is 183 Å². The van der Waals surface area contributed by atoms with Gasteiger partial charge in [-0.3, -0.25) is 9.78 Å². The lowest BCUT2D eigenvalue weighted by atomic mass is 10.0. The van der Waals surface area contributed by atoms with Crippen molar-refractivity contribution in [2.75, 3.05) is 26.7 Å². The van der Waals surface area contributed by atoms with E-state index in [4.69, 9.17) is 4.74 Å². The lowest BCUT2D eigenvalue weighted by molar-refractivity contribution is -0.137. The number of likely N-dealkylation sites (tertiary alicyclic amines) is 1. The maximum absolute atomic E-state index is 13.0. The zero-order chi connectivity index (χ0) is 22.9. The summed E-state index contributed by atoms with van der Waals surface area (Å²) in [5, 5.41) is 0.425. The molecular weight excluding hydrogens is 421 g/mol. The van der Waals surface area contributed by atoms with E-state index in [0.717, 1.165) is 68.4 Å². The Balaban J connectivity index is 1.58. The van der Waals surface area contributed by atoms with Crippen LogP contribution in [0.1, 0.15) is 29.5 Å². The van der Waals surface area contributed by atoms with Gasteiger partial charge in [-0.2, -0.15) is 13.2 Å². The molecule has 0 atom stereocenters. The molecule has 32 heavy (non-hydrogen) atoms. The van der Waals surface area contributed by atoms with Gasteiger partial charge < -0.3 is 14.6 Å². The molecule has 1 fully saturated rings. The Morgan fingerprint density at radius 2 is 1.97 bits per heavy atom. The molecule has 1 saturated heterocycles. The van der Waals surface area contributed by atoms with Crippen molar-refractivity contribution in [3.63, 3.8) is 0 Å². The summed E-state index contributed by atoms with van der Waals surface area (Å²) < 4.78 is 44.5. The minimum Gasteiger partial charge on any atom is -0.381 e. The van der Waals surface area contributed by atoms with Crippen LogP contribution in [0.3, 0.4) is 0 Å². The molecule has 6 nitrogen and oxygen atoms in total. The van der Waals surface area contributed by atoms with Crippen molar-refractivity contribution in [3.8, 4) is 11.5 Å². The number of benzene rings is 1. The quantitative estimate of drug-likeness (QED) is 0.642. The molecule has 0 unspecified atom stereocenters. The molecular formula is C23H25F3N4O2. The highest BCUT2D eigenvalue weighted by molar-refractivity contribution is 5.83. The Hall–Kier alpha value is -2.78. The third-order valence-electron chi connectivity index (χ3n) is 5.97. The first-order valence-corrected chi connectivity index (χ1v) is 10.6. The number of alkyl halides is 3. The molecule has 3 aromatic rings. The second-order valence-corrected chi connectivity index (χ2v) is 8.18. The van der Waals surface area contributed by atoms with Gasteiger partial charge in [-0.25, -0.2) is 4.98 Å². The van der Waals surface area contributed by atoms with E-state index in [1.54, 1.807) is 7.11 Å². The van der Waals surface area contributed by atoms with Crippen molar-refractivity contribution in [1.82, 2.24) is 19.9 Å². The van der Waals surface area contributed by atoms with Gasteiger partial charge in [0, 0.05) is 32.9 Å². The summed E-state index contributed by atoms with van der Waals surface area (Å²) in [4.78, 5) is 26.1. The Morgan fingerprint density at radius 3 is 2.66 bits per heavy atom. The highest BCUT2D eigenvalue weighted by Gasteiger charge is 2.31. The molecule has 1 aliphatic heterocycles. The van der Waals surface area contributed by atoms with Crippen molar-refractivity contribution in [2.24, 2.45) is 0 Å². The van der Waals surface area contributed by atoms with Gasteiger partial charge in [-0.05, 0) is 55.5 Å². The van der Waals surface area contributed by atoms with Gasteiger partial charge in [0.2, 0.25) is 0 Å². The zero-order valence-corrected chi connectivity index (χ0v) is 18.0. The van der Waals surface area contributed by atoms with E-state index >= 15 is 0 Å². The maximum Gasteiger partial charge on any atom is 0.416 e. The van der Waals surface area contributed by atoms with Gasteiger partial charge in [-0.15, -0.1) is 0 Å². The molecule has 1 aliphatic rings. The van der Waals surface area contributed by atoms with Crippen LogP contribution in [0, 0.1) is 6.92 Å². The molecule has 0 saturated carbocycles. The smallest absolute Gasteiger partial charge is 0.381 e. The van der Waals surface area contributed by atoms with Crippen molar-refractivity contribution in [2.45, 2.75) is 38.5 Å². The van der Waals surface area contributed by atoms with E-state index in [2.05, 4.69) is 19.9 Å². The van der Waals surface area contributed by atoms with E-state index in [1.165, 1.54) is 0 Å². The van der Waals surface area contributed by atoms with Crippen LogP contribution in [0.4, 0.5) is 13.2 Å². The number of rotatable bonds is 5. The average molecular weight is 446 g/mol. The second kappa shape index (κ2) is 8.99. The van der Waals surface area contributed by atoms with Crippen LogP contribution in [-0.4, -0.2) is 52.7 Å². The molecule has 0 bridgehead atoms. The summed E-state index contributed by atoms with van der Waals surface area (Å²) in [5.41, 5.74) is 1.03. The lowest BCUT2D eigenvalue weighted by Gasteiger charge is -2.31. The predicted octanol–water partition coefficient (Wildman–Crippen LogP) is 3.97. The number of fused-ring (bicyclic) bond motifs is 1. The van der Waals surface area contributed by atoms with Gasteiger partial charge in [0.25, 0.3) is 5.56 Å². The molecule has 0 spiro atoms. The van der Waals surface area contributed by atoms with Crippen LogP contribution in [0.25, 0.3) is 22.4 Å². The van der Waals surface area contributed by atoms with Gasteiger partial charge in [0.15, 0.2) is 5.82 Å². The number of ether oxygens (including phenoxy) is 1. The average Bonchev–Trinajstić information content (AvgIpc) is 2.78. The van der Waals surface area contributed by atoms with Crippen molar-refractivity contribution in [1.29, 1.82) is 0 Å². The van der Waals surface area contributed by atoms with Crippen LogP contribution in [0.5, 0.6) is 0 Å². The number of hydrogen-bond donors (Lipinski definition) is 1. The van der Waals surface area contributed by atoms with E-state index < -0.39 is 17.3 Å². The molecule has 4 rings (SSSR count). The first-order chi connectivity index (χ1) is 15.2. The van der Waals surface area contributed by atoms with E-state index in [9.17, 15) is 18.0 Å². The number of piperidine rings is 1. The number of H-pyrrole nitrogens is 1. The minimum absolute atomic E-state index is 0.0189. The Morgan fingerprint density at radius 1 is 1.22 bits per heavy atom. The van der Waals surface area contributed by atoms with E-state index in [0.29, 0.717) is 17.0 Å². The van der Waals surface area contributed by atoms with Gasteiger partial charge in [0.1, 0.15) is 5.69 Å². The number of aromatic nitrogens is 3. The Kier molecular flexibility index (Phi) is 6.30. The molecule has 0 radical (unpaired) electrons. The number of halogens is 3. The number of nitrogens with zero attached hydrogens (tertiary/aromatic N) is 3. The zero-order valence-electron chi connectivity index (χ0n) is 18.0. The number of hydrogen-bond acceptors (Lipinski definition) is 5. The van der Waals surface area contributed by atoms with Crippen LogP contribution < -0.4 is 5.56 Å². The first kappa shape index (κ1) is 22.4. The van der Waals surface area contributed by atoms with E-state index in [1.807, 2.05) is 19.1 Å². The number of pyridine rings is 1. The van der Waals surface area contributed by atoms with Gasteiger partial charge >= 0.3 is 6.18 Å². The van der Waals surface area contributed by atoms with Gasteiger partial charge in [0.05, 0.1) is 22.6 Å². The molecule has 9 heteroatoms. The Bertz CT molecular complexity index is 1170. The molecule has 3 heterocycles. The highest BCUT2D eigenvalue weighted by Crippen LogP contribution is 2.30. The maximum atomic E-state index is 13.0. The fraction of sp³-hybridized carbons (Fsp3) is 0.435. The number of aromatic amines is 1. The first-order valence-electron chi connectivity index (χ1n) is 10.6. The standard InChI is InChI=1S/C23H25F3N4O2/c1-14-11-15(4-8-30-9-5-17(32-2)6-10-30)12-18-20(14)28-21(29-22(18)31)19-13-16(3-7-27-19)23(24,25)26/h3,7,11-13,17H,4-6,8-10H2,1-2H3,(H,28,29,31). The summed E-state index contributed by atoms with van der Waals surface area (Å²) in [6.07, 6.45) is -0.275. The van der Waals surface area contributed by atoms with Crippen LogP contribution in [0.2, 0.25) is 0 Å². The molecule has 0 amide bonds. The lowest BCUT2D eigenvalue weighted by Crippen LogP contribution is -2.37. The summed E-state index contributed by atoms with van der Waals surface area (Å²) in [6, 6.07) is 5.58. The summed E-state index contributed by atoms with van der Waals surface area (Å²) in [7, 11) is 1.75. The third kappa shape index (κ3) is 4.83. The van der Waals surface area contributed by atoms with Crippen LogP contribution in [-0.2, 0) is 17.3 Å². The normalized spacial score (nSPS) is 16.0. The fourth-order valence-electron chi connectivity index (χ4n) is 4.15.